The summed E-state index contributed by atoms with van der Waals surface area (Å²) in [5.74, 6) is -1.15. The summed E-state index contributed by atoms with van der Waals surface area (Å²) < 4.78 is 150. The first-order chi connectivity index (χ1) is 24.1. The summed E-state index contributed by atoms with van der Waals surface area (Å²) in [7, 11) is 1.19. The van der Waals surface area contributed by atoms with Crippen molar-refractivity contribution in [2.24, 2.45) is 0 Å². The van der Waals surface area contributed by atoms with Crippen LogP contribution in [0.1, 0.15) is 69.9 Å². The normalized spacial score (nSPS) is 17.1. The topological polar surface area (TPSA) is 68.7 Å². The number of nitrogens with zero attached hydrogens (tertiary/aromatic N) is 2. The molecule has 1 aromatic heterocycles. The Bertz CT molecular complexity index is 2070. The van der Waals surface area contributed by atoms with Crippen LogP contribution in [0.4, 0.5) is 48.7 Å². The number of hydrogen-bond donors (Lipinski definition) is 0. The van der Waals surface area contributed by atoms with Crippen molar-refractivity contribution in [2.45, 2.75) is 63.4 Å². The van der Waals surface area contributed by atoms with E-state index >= 15 is 4.39 Å². The van der Waals surface area contributed by atoms with E-state index in [0.29, 0.717) is 34.9 Å². The monoisotopic (exact) mass is 740 g/mol. The molecule has 1 amide bonds. The molecular formula is C36H26F10N2O4. The van der Waals surface area contributed by atoms with Crippen molar-refractivity contribution >= 4 is 11.9 Å². The fraction of sp³-hybridized carbons (Fsp3) is 0.306. The molecule has 274 valence electrons. The summed E-state index contributed by atoms with van der Waals surface area (Å²) >= 11 is 0. The highest BCUT2D eigenvalue weighted by Gasteiger charge is 2.64. The van der Waals surface area contributed by atoms with Crippen LogP contribution in [0.15, 0.2) is 60.7 Å². The standard InChI is InChI=1S/C36H26F10N2O4/c1-17-10-19(18(2)49)4-5-23(17)25-14-26(29(51-3)15-27(25)37)24-6-7-30(36(44,45)46)47-28(24)16-48-32(50)52-31(33(48)8-9-33)20-11-21(34(38,39)40)13-22(12-20)35(41,42)43/h4-7,10-15,31H,8-9,16H2,1-3H3/t31-/m1/s1. The van der Waals surface area contributed by atoms with E-state index < -0.39 is 76.7 Å². The number of rotatable bonds is 7. The van der Waals surface area contributed by atoms with E-state index in [-0.39, 0.29) is 47.1 Å². The SMILES string of the molecule is COc1cc(F)c(-c2ccc(C(C)=O)cc2C)cc1-c1ccc(C(F)(F)F)nc1CN1C(=O)O[C@H](c2cc(C(F)(F)F)cc(C(F)(F)F)c2)C12CC2. The molecule has 6 rings (SSSR count). The number of pyridine rings is 1. The van der Waals surface area contributed by atoms with E-state index in [9.17, 15) is 49.1 Å². The third kappa shape index (κ3) is 6.65. The van der Waals surface area contributed by atoms with E-state index in [0.717, 1.165) is 17.0 Å². The number of halogens is 10. The first-order valence-corrected chi connectivity index (χ1v) is 15.5. The first-order valence-electron chi connectivity index (χ1n) is 15.5. The lowest BCUT2D eigenvalue weighted by Crippen LogP contribution is -2.36. The predicted molar refractivity (Wildman–Crippen MR) is 165 cm³/mol. The minimum Gasteiger partial charge on any atom is -0.496 e. The van der Waals surface area contributed by atoms with E-state index in [1.165, 1.54) is 32.2 Å². The summed E-state index contributed by atoms with van der Waals surface area (Å²) in [5, 5.41) is 0. The number of Topliss-reactive ketones (excluding diaryl/α,β-unsaturated/α-hetero) is 1. The molecule has 2 fully saturated rings. The minimum atomic E-state index is -5.19. The van der Waals surface area contributed by atoms with Gasteiger partial charge in [0.05, 0.1) is 36.0 Å². The van der Waals surface area contributed by atoms with Gasteiger partial charge in [-0.2, -0.15) is 39.5 Å². The molecular weight excluding hydrogens is 714 g/mol. The van der Waals surface area contributed by atoms with Gasteiger partial charge in [-0.15, -0.1) is 0 Å². The van der Waals surface area contributed by atoms with Crippen LogP contribution in [0.3, 0.4) is 0 Å². The van der Waals surface area contributed by atoms with Gasteiger partial charge >= 0.3 is 24.6 Å². The van der Waals surface area contributed by atoms with Crippen LogP contribution in [0.2, 0.25) is 0 Å². The smallest absolute Gasteiger partial charge is 0.433 e. The van der Waals surface area contributed by atoms with Gasteiger partial charge in [-0.25, -0.2) is 14.2 Å². The summed E-state index contributed by atoms with van der Waals surface area (Å²) in [6.45, 7) is 2.26. The highest BCUT2D eigenvalue weighted by atomic mass is 19.4. The summed E-state index contributed by atoms with van der Waals surface area (Å²) in [6.07, 6.45) is -18.1. The molecule has 1 saturated carbocycles. The number of amides is 1. The number of carbonyl (C=O) groups excluding carboxylic acids is 2. The maximum absolute atomic E-state index is 15.6. The van der Waals surface area contributed by atoms with Crippen molar-refractivity contribution in [2.75, 3.05) is 7.11 Å². The molecule has 0 unspecified atom stereocenters. The van der Waals surface area contributed by atoms with Gasteiger partial charge in [0.15, 0.2) is 11.9 Å². The van der Waals surface area contributed by atoms with Gasteiger partial charge in [0.2, 0.25) is 0 Å². The number of ketones is 1. The lowest BCUT2D eigenvalue weighted by Gasteiger charge is -2.26. The van der Waals surface area contributed by atoms with Crippen LogP contribution >= 0.6 is 0 Å². The zero-order valence-electron chi connectivity index (χ0n) is 27.3. The molecule has 1 aliphatic carbocycles. The third-order valence-electron chi connectivity index (χ3n) is 9.21. The van der Waals surface area contributed by atoms with Gasteiger partial charge < -0.3 is 9.47 Å². The Morgan fingerprint density at radius 3 is 1.98 bits per heavy atom. The van der Waals surface area contributed by atoms with E-state index in [1.807, 2.05) is 0 Å². The molecule has 6 nitrogen and oxygen atoms in total. The number of ether oxygens (including phenoxy) is 2. The average Bonchev–Trinajstić information content (AvgIpc) is 3.80. The molecule has 4 aromatic rings. The maximum atomic E-state index is 15.6. The minimum absolute atomic E-state index is 0.0152. The van der Waals surface area contributed by atoms with Crippen LogP contribution in [0.25, 0.3) is 22.3 Å². The number of hydrogen-bond acceptors (Lipinski definition) is 5. The maximum Gasteiger partial charge on any atom is 0.433 e. The molecule has 2 heterocycles. The number of carbonyl (C=O) groups is 2. The Morgan fingerprint density at radius 2 is 1.46 bits per heavy atom. The lowest BCUT2D eigenvalue weighted by molar-refractivity contribution is -0.143. The molecule has 3 aromatic carbocycles. The summed E-state index contributed by atoms with van der Waals surface area (Å²) in [4.78, 5) is 30.0. The molecule has 1 aliphatic heterocycles. The highest BCUT2D eigenvalue weighted by molar-refractivity contribution is 5.95. The summed E-state index contributed by atoms with van der Waals surface area (Å²) in [6, 6.07) is 9.34. The third-order valence-corrected chi connectivity index (χ3v) is 9.21. The van der Waals surface area contributed by atoms with Crippen molar-refractivity contribution < 1.29 is 63.0 Å². The van der Waals surface area contributed by atoms with Crippen LogP contribution in [-0.4, -0.2) is 34.4 Å². The Morgan fingerprint density at radius 1 is 0.846 bits per heavy atom. The van der Waals surface area contributed by atoms with Crippen LogP contribution in [0.5, 0.6) is 5.75 Å². The number of benzene rings is 3. The second kappa shape index (κ2) is 12.5. The Kier molecular flexibility index (Phi) is 8.82. The second-order valence-corrected chi connectivity index (χ2v) is 12.6. The fourth-order valence-corrected chi connectivity index (χ4v) is 6.49. The quantitative estimate of drug-likeness (QED) is 0.139. The van der Waals surface area contributed by atoms with Gasteiger partial charge in [-0.1, -0.05) is 18.2 Å². The fourth-order valence-electron chi connectivity index (χ4n) is 6.49. The Balaban J connectivity index is 1.47. The Labute approximate surface area is 289 Å². The van der Waals surface area contributed by atoms with E-state index in [2.05, 4.69) is 4.98 Å². The number of cyclic esters (lactones) is 1. The van der Waals surface area contributed by atoms with Crippen LogP contribution in [0, 0.1) is 12.7 Å². The van der Waals surface area contributed by atoms with Crippen LogP contribution in [-0.2, 0) is 29.8 Å². The summed E-state index contributed by atoms with van der Waals surface area (Å²) in [5.41, 5.74) is -5.94. The number of aryl methyl sites for hydroxylation is 1. The number of alkyl halides is 9. The van der Waals surface area contributed by atoms with E-state index in [1.54, 1.807) is 13.0 Å². The van der Waals surface area contributed by atoms with Gasteiger partial charge in [0, 0.05) is 28.3 Å². The van der Waals surface area contributed by atoms with Crippen molar-refractivity contribution in [3.63, 3.8) is 0 Å². The largest absolute Gasteiger partial charge is 0.496 e. The van der Waals surface area contributed by atoms with Gasteiger partial charge in [0.25, 0.3) is 0 Å². The molecule has 2 aliphatic rings. The number of methoxy groups -OCH3 is 1. The molecule has 0 bridgehead atoms. The van der Waals surface area contributed by atoms with Gasteiger partial charge in [-0.3, -0.25) is 9.69 Å². The Hall–Kier alpha value is -5.15. The van der Waals surface area contributed by atoms with Crippen molar-refractivity contribution in [1.29, 1.82) is 0 Å². The van der Waals surface area contributed by atoms with Gasteiger partial charge in [0.1, 0.15) is 17.3 Å². The van der Waals surface area contributed by atoms with Crippen molar-refractivity contribution in [3.8, 4) is 28.0 Å². The molecule has 1 atom stereocenters. The van der Waals surface area contributed by atoms with Crippen LogP contribution < -0.4 is 4.74 Å². The highest BCUT2D eigenvalue weighted by Crippen LogP contribution is 2.58. The average molecular weight is 741 g/mol. The van der Waals surface area contributed by atoms with E-state index in [4.69, 9.17) is 9.47 Å². The molecule has 1 spiro atoms. The predicted octanol–water partition coefficient (Wildman–Crippen LogP) is 10.4. The molecule has 16 heteroatoms. The van der Waals surface area contributed by atoms with Crippen molar-refractivity contribution in [1.82, 2.24) is 9.88 Å². The van der Waals surface area contributed by atoms with Gasteiger partial charge in [-0.05, 0) is 79.8 Å². The zero-order chi connectivity index (χ0) is 38.1. The molecule has 52 heavy (non-hydrogen) atoms. The molecule has 0 radical (unpaired) electrons. The number of aromatic nitrogens is 1. The molecule has 1 saturated heterocycles. The first kappa shape index (κ1) is 36.6. The van der Waals surface area contributed by atoms with Crippen molar-refractivity contribution in [3.05, 3.63) is 106 Å². The zero-order valence-corrected chi connectivity index (χ0v) is 27.3. The molecule has 0 N–H and O–H groups in total. The lowest BCUT2D eigenvalue weighted by atomic mass is 9.92. The second-order valence-electron chi connectivity index (χ2n) is 12.6.